The monoisotopic (exact) mass is 320 g/mol. The van der Waals surface area contributed by atoms with Crippen molar-refractivity contribution >= 4 is 17.2 Å². The lowest BCUT2D eigenvalue weighted by molar-refractivity contribution is 0.0624. The van der Waals surface area contributed by atoms with Gasteiger partial charge in [-0.1, -0.05) is 0 Å². The Bertz CT molecular complexity index is 679. The molecule has 0 aromatic carbocycles. The molecule has 2 aromatic rings. The number of aryl methyl sites for hydroxylation is 2. The summed E-state index contributed by atoms with van der Waals surface area (Å²) in [5, 5.41) is 14.3. The predicted molar refractivity (Wildman–Crippen MR) is 84.8 cm³/mol. The van der Waals surface area contributed by atoms with Crippen LogP contribution in [-0.4, -0.2) is 50.4 Å². The first-order valence-electron chi connectivity index (χ1n) is 7.45. The molecule has 0 radical (unpaired) electrons. The van der Waals surface area contributed by atoms with Crippen LogP contribution in [0.3, 0.4) is 0 Å². The molecule has 3 rings (SSSR count). The number of amides is 1. The number of carbonyl (C=O) groups excluding carboxylic acids is 1. The Balaban J connectivity index is 1.82. The Kier molecular flexibility index (Phi) is 4.26. The molecule has 0 aliphatic carbocycles. The van der Waals surface area contributed by atoms with Gasteiger partial charge in [0.15, 0.2) is 0 Å². The van der Waals surface area contributed by atoms with E-state index in [1.807, 2.05) is 25.1 Å². The van der Waals surface area contributed by atoms with Crippen molar-refractivity contribution in [1.29, 1.82) is 0 Å². The molecule has 1 unspecified atom stereocenters. The average Bonchev–Trinajstić information content (AvgIpc) is 3.12. The fourth-order valence-electron chi connectivity index (χ4n) is 2.79. The van der Waals surface area contributed by atoms with E-state index in [-0.39, 0.29) is 18.4 Å². The van der Waals surface area contributed by atoms with Gasteiger partial charge in [-0.15, -0.1) is 11.3 Å². The lowest BCUT2D eigenvalue weighted by Crippen LogP contribution is -2.40. The third-order valence-electron chi connectivity index (χ3n) is 4.01. The molecule has 1 N–H and O–H groups in total. The molecule has 1 aliphatic heterocycles. The van der Waals surface area contributed by atoms with Crippen LogP contribution in [0.25, 0.3) is 10.6 Å². The van der Waals surface area contributed by atoms with E-state index in [1.54, 1.807) is 10.9 Å². The smallest absolute Gasteiger partial charge is 0.265 e. The molecule has 1 atom stereocenters. The first-order valence-corrected chi connectivity index (χ1v) is 8.26. The maximum atomic E-state index is 12.7. The molecule has 22 heavy (non-hydrogen) atoms. The zero-order chi connectivity index (χ0) is 15.7. The van der Waals surface area contributed by atoms with Crippen LogP contribution in [0.4, 0.5) is 0 Å². The summed E-state index contributed by atoms with van der Waals surface area (Å²) in [6.45, 7) is 3.41. The number of hydrogen-bond acceptors (Lipinski definition) is 5. The second-order valence-corrected chi connectivity index (χ2v) is 6.78. The minimum Gasteiger partial charge on any atom is -0.396 e. The highest BCUT2D eigenvalue weighted by atomic mass is 32.1. The highest BCUT2D eigenvalue weighted by Crippen LogP contribution is 2.29. The molecule has 0 saturated carbocycles. The molecule has 2 aromatic heterocycles. The van der Waals surface area contributed by atoms with E-state index in [2.05, 4.69) is 10.1 Å². The van der Waals surface area contributed by atoms with Crippen molar-refractivity contribution in [2.24, 2.45) is 13.0 Å². The minimum absolute atomic E-state index is 0.0308. The lowest BCUT2D eigenvalue weighted by atomic mass is 9.99. The summed E-state index contributed by atoms with van der Waals surface area (Å²) < 4.78 is 1.73. The molecular formula is C15H20N4O2S. The highest BCUT2D eigenvalue weighted by molar-refractivity contribution is 7.17. The van der Waals surface area contributed by atoms with E-state index in [9.17, 15) is 9.90 Å². The van der Waals surface area contributed by atoms with E-state index in [1.165, 1.54) is 11.3 Å². The van der Waals surface area contributed by atoms with Crippen molar-refractivity contribution in [2.75, 3.05) is 19.7 Å². The maximum Gasteiger partial charge on any atom is 0.265 e. The number of rotatable bonds is 3. The summed E-state index contributed by atoms with van der Waals surface area (Å²) >= 11 is 1.42. The molecule has 7 heteroatoms. The Morgan fingerprint density at radius 1 is 1.55 bits per heavy atom. The minimum atomic E-state index is 0.0308. The molecule has 118 valence electrons. The largest absolute Gasteiger partial charge is 0.396 e. The molecule has 0 bridgehead atoms. The number of aromatic nitrogens is 3. The second-order valence-electron chi connectivity index (χ2n) is 5.78. The molecule has 1 saturated heterocycles. The van der Waals surface area contributed by atoms with Crippen LogP contribution in [0.2, 0.25) is 0 Å². The van der Waals surface area contributed by atoms with E-state index in [0.29, 0.717) is 11.4 Å². The van der Waals surface area contributed by atoms with Crippen molar-refractivity contribution in [3.05, 3.63) is 23.0 Å². The summed E-state index contributed by atoms with van der Waals surface area (Å²) in [6.07, 6.45) is 5.59. The maximum absolute atomic E-state index is 12.7. The van der Waals surface area contributed by atoms with Crippen LogP contribution in [-0.2, 0) is 7.05 Å². The second kappa shape index (κ2) is 6.18. The molecule has 0 spiro atoms. The summed E-state index contributed by atoms with van der Waals surface area (Å²) in [6, 6.07) is 0. The number of likely N-dealkylation sites (tertiary alicyclic amines) is 1. The standard InChI is InChI=1S/C15H20N4O2S/c1-10-13(15(21)19-5-3-4-11(7-19)9-20)22-14(17-10)12-6-16-18(2)8-12/h6,8,11,20H,3-5,7,9H2,1-2H3. The van der Waals surface area contributed by atoms with Gasteiger partial charge in [-0.25, -0.2) is 4.98 Å². The van der Waals surface area contributed by atoms with Gasteiger partial charge in [-0.05, 0) is 25.7 Å². The summed E-state index contributed by atoms with van der Waals surface area (Å²) in [5.41, 5.74) is 1.70. The summed E-state index contributed by atoms with van der Waals surface area (Å²) in [5.74, 6) is 0.229. The van der Waals surface area contributed by atoms with E-state index in [0.717, 1.165) is 35.7 Å². The van der Waals surface area contributed by atoms with Crippen molar-refractivity contribution in [3.63, 3.8) is 0 Å². The number of carbonyl (C=O) groups is 1. The van der Waals surface area contributed by atoms with Crippen LogP contribution in [0.5, 0.6) is 0 Å². The molecule has 6 nitrogen and oxygen atoms in total. The third kappa shape index (κ3) is 2.91. The van der Waals surface area contributed by atoms with Gasteiger partial charge in [0.1, 0.15) is 9.88 Å². The number of hydrogen-bond donors (Lipinski definition) is 1. The van der Waals surface area contributed by atoms with Crippen molar-refractivity contribution in [2.45, 2.75) is 19.8 Å². The van der Waals surface area contributed by atoms with Gasteiger partial charge in [-0.2, -0.15) is 5.10 Å². The fraction of sp³-hybridized carbons (Fsp3) is 0.533. The van der Waals surface area contributed by atoms with Gasteiger partial charge < -0.3 is 10.0 Å². The van der Waals surface area contributed by atoms with Crippen LogP contribution in [0, 0.1) is 12.8 Å². The highest BCUT2D eigenvalue weighted by Gasteiger charge is 2.27. The van der Waals surface area contributed by atoms with Crippen LogP contribution in [0.1, 0.15) is 28.2 Å². The SMILES string of the molecule is Cc1nc(-c2cnn(C)c2)sc1C(=O)N1CCCC(CO)C1. The van der Waals surface area contributed by atoms with E-state index in [4.69, 9.17) is 0 Å². The third-order valence-corrected chi connectivity index (χ3v) is 5.20. The first-order chi connectivity index (χ1) is 10.6. The average molecular weight is 320 g/mol. The van der Waals surface area contributed by atoms with E-state index >= 15 is 0 Å². The van der Waals surface area contributed by atoms with Crippen LogP contribution in [0.15, 0.2) is 12.4 Å². The predicted octanol–water partition coefficient (Wildman–Crippen LogP) is 1.70. The summed E-state index contributed by atoms with van der Waals surface area (Å²) in [4.78, 5) is 19.8. The molecule has 1 fully saturated rings. The van der Waals surface area contributed by atoms with Gasteiger partial charge in [0, 0.05) is 38.5 Å². The number of aliphatic hydroxyl groups excluding tert-OH is 1. The van der Waals surface area contributed by atoms with Gasteiger partial charge in [0.05, 0.1) is 11.9 Å². The van der Waals surface area contributed by atoms with Gasteiger partial charge >= 0.3 is 0 Å². The van der Waals surface area contributed by atoms with Crippen molar-refractivity contribution in [3.8, 4) is 10.6 Å². The van der Waals surface area contributed by atoms with Crippen LogP contribution < -0.4 is 0 Å². The quantitative estimate of drug-likeness (QED) is 0.934. The molecular weight excluding hydrogens is 300 g/mol. The lowest BCUT2D eigenvalue weighted by Gasteiger charge is -2.31. The zero-order valence-electron chi connectivity index (χ0n) is 12.8. The Morgan fingerprint density at radius 3 is 3.05 bits per heavy atom. The van der Waals surface area contributed by atoms with Crippen LogP contribution >= 0.6 is 11.3 Å². The van der Waals surface area contributed by atoms with E-state index < -0.39 is 0 Å². The molecule has 1 amide bonds. The van der Waals surface area contributed by atoms with Crippen molar-refractivity contribution in [1.82, 2.24) is 19.7 Å². The topological polar surface area (TPSA) is 71.2 Å². The van der Waals surface area contributed by atoms with Crippen molar-refractivity contribution < 1.29 is 9.90 Å². The number of piperidine rings is 1. The van der Waals surface area contributed by atoms with Gasteiger partial charge in [-0.3, -0.25) is 9.48 Å². The number of aliphatic hydroxyl groups is 1. The Hall–Kier alpha value is -1.73. The zero-order valence-corrected chi connectivity index (χ0v) is 13.6. The molecule has 3 heterocycles. The van der Waals surface area contributed by atoms with Gasteiger partial charge in [0.25, 0.3) is 5.91 Å². The fourth-order valence-corrected chi connectivity index (χ4v) is 3.80. The van der Waals surface area contributed by atoms with Gasteiger partial charge in [0.2, 0.25) is 0 Å². The normalized spacial score (nSPS) is 18.7. The summed E-state index contributed by atoms with van der Waals surface area (Å²) in [7, 11) is 1.86. The number of thiazole rings is 1. The number of nitrogens with zero attached hydrogens (tertiary/aromatic N) is 4. The Morgan fingerprint density at radius 2 is 2.36 bits per heavy atom. The Labute approximate surface area is 133 Å². The first kappa shape index (κ1) is 15.2. The molecule has 1 aliphatic rings.